The predicted molar refractivity (Wildman–Crippen MR) is 75.8 cm³/mol. The number of ether oxygens (including phenoxy) is 1. The normalized spacial score (nSPS) is 12.2. The summed E-state index contributed by atoms with van der Waals surface area (Å²) in [5.41, 5.74) is 0.785. The van der Waals surface area contributed by atoms with Gasteiger partial charge in [0.1, 0.15) is 6.10 Å². The summed E-state index contributed by atoms with van der Waals surface area (Å²) in [6.45, 7) is 0.141. The third kappa shape index (κ3) is 5.50. The first-order valence-electron chi connectivity index (χ1n) is 5.83. The molecule has 6 nitrogen and oxygen atoms in total. The van der Waals surface area contributed by atoms with Gasteiger partial charge in [-0.2, -0.15) is 0 Å². The fraction of sp³-hybridized carbons (Fsp3) is 0.308. The van der Waals surface area contributed by atoms with Crippen molar-refractivity contribution in [2.75, 3.05) is 13.7 Å². The zero-order valence-electron chi connectivity index (χ0n) is 10.9. The lowest BCUT2D eigenvalue weighted by atomic mass is 10.1. The number of aromatic nitrogens is 1. The van der Waals surface area contributed by atoms with Gasteiger partial charge in [-0.25, -0.2) is 4.79 Å². The molecular weight excluding hydrogens is 328 g/mol. The number of pyridine rings is 1. The molecule has 0 bridgehead atoms. The van der Waals surface area contributed by atoms with Gasteiger partial charge in [-0.05, 0) is 27.6 Å². The van der Waals surface area contributed by atoms with Crippen molar-refractivity contribution in [3.8, 4) is 0 Å². The quantitative estimate of drug-likeness (QED) is 0.583. The highest BCUT2D eigenvalue weighted by molar-refractivity contribution is 9.10. The molecule has 0 aliphatic carbocycles. The third-order valence-electron chi connectivity index (χ3n) is 2.42. The summed E-state index contributed by atoms with van der Waals surface area (Å²) in [7, 11) is 1.27. The minimum Gasteiger partial charge on any atom is -0.466 e. The Morgan fingerprint density at radius 2 is 2.35 bits per heavy atom. The van der Waals surface area contributed by atoms with E-state index >= 15 is 0 Å². The largest absolute Gasteiger partial charge is 0.466 e. The van der Waals surface area contributed by atoms with Crippen LogP contribution in [0.4, 0.5) is 0 Å². The van der Waals surface area contributed by atoms with Crippen LogP contribution in [-0.2, 0) is 20.7 Å². The summed E-state index contributed by atoms with van der Waals surface area (Å²) in [5, 5.41) is 12.3. The molecule has 0 aliphatic heterocycles. The molecule has 1 aromatic rings. The van der Waals surface area contributed by atoms with Crippen LogP contribution in [0.2, 0.25) is 0 Å². The Morgan fingerprint density at radius 3 is 3.00 bits per heavy atom. The molecule has 1 unspecified atom stereocenters. The van der Waals surface area contributed by atoms with Crippen LogP contribution < -0.4 is 5.32 Å². The number of hydrogen-bond donors (Lipinski definition) is 2. The maximum absolute atomic E-state index is 11.6. The Morgan fingerprint density at radius 1 is 1.60 bits per heavy atom. The van der Waals surface area contributed by atoms with Gasteiger partial charge in [0.25, 0.3) is 0 Å². The van der Waals surface area contributed by atoms with E-state index in [0.29, 0.717) is 0 Å². The van der Waals surface area contributed by atoms with Crippen LogP contribution in [0.1, 0.15) is 5.56 Å². The summed E-state index contributed by atoms with van der Waals surface area (Å²) in [6.07, 6.45) is 4.84. The van der Waals surface area contributed by atoms with Gasteiger partial charge < -0.3 is 15.2 Å². The monoisotopic (exact) mass is 342 g/mol. The second kappa shape index (κ2) is 8.44. The number of hydrogen-bond acceptors (Lipinski definition) is 5. The molecule has 0 aliphatic rings. The van der Waals surface area contributed by atoms with Gasteiger partial charge >= 0.3 is 5.97 Å². The van der Waals surface area contributed by atoms with Crippen LogP contribution in [0.5, 0.6) is 0 Å². The van der Waals surface area contributed by atoms with E-state index in [9.17, 15) is 14.7 Å². The zero-order chi connectivity index (χ0) is 15.0. The van der Waals surface area contributed by atoms with E-state index in [0.717, 1.165) is 10.0 Å². The van der Waals surface area contributed by atoms with Gasteiger partial charge in [0, 0.05) is 35.9 Å². The Kier molecular flexibility index (Phi) is 6.89. The highest BCUT2D eigenvalue weighted by Gasteiger charge is 2.15. The minimum absolute atomic E-state index is 0.141. The number of nitrogens with one attached hydrogen (secondary N) is 1. The molecule has 1 rings (SSSR count). The number of rotatable bonds is 6. The number of carbonyl (C=O) groups excluding carboxylic acids is 2. The van der Waals surface area contributed by atoms with E-state index in [4.69, 9.17) is 0 Å². The lowest BCUT2D eigenvalue weighted by molar-refractivity contribution is -0.135. The number of carbonyl (C=O) groups is 2. The summed E-state index contributed by atoms with van der Waals surface area (Å²) in [6, 6.07) is 1.72. The van der Waals surface area contributed by atoms with Crippen LogP contribution in [0, 0.1) is 0 Å². The van der Waals surface area contributed by atoms with Crippen LogP contribution in [0.15, 0.2) is 35.1 Å². The molecule has 2 N–H and O–H groups in total. The molecular formula is C13H15BrN2O4. The molecule has 1 amide bonds. The SMILES string of the molecule is COC(=O)/C=C/CNC(=O)C(O)Cc1ccncc1Br. The van der Waals surface area contributed by atoms with Gasteiger partial charge in [-0.15, -0.1) is 0 Å². The molecule has 0 saturated carbocycles. The van der Waals surface area contributed by atoms with Crippen LogP contribution in [0.25, 0.3) is 0 Å². The van der Waals surface area contributed by atoms with Crippen LogP contribution >= 0.6 is 15.9 Å². The van der Waals surface area contributed by atoms with Crippen LogP contribution in [-0.4, -0.2) is 41.7 Å². The molecule has 0 saturated heterocycles. The number of esters is 1. The molecule has 0 spiro atoms. The highest BCUT2D eigenvalue weighted by atomic mass is 79.9. The lowest BCUT2D eigenvalue weighted by Crippen LogP contribution is -2.36. The first-order valence-corrected chi connectivity index (χ1v) is 6.62. The van der Waals surface area contributed by atoms with E-state index in [1.165, 1.54) is 19.3 Å². The van der Waals surface area contributed by atoms with E-state index in [1.807, 2.05) is 0 Å². The van der Waals surface area contributed by atoms with Crippen molar-refractivity contribution in [3.63, 3.8) is 0 Å². The molecule has 1 heterocycles. The summed E-state index contributed by atoms with van der Waals surface area (Å²) in [4.78, 5) is 26.3. The summed E-state index contributed by atoms with van der Waals surface area (Å²) in [5.74, 6) is -1.01. The van der Waals surface area contributed by atoms with Crippen molar-refractivity contribution in [2.24, 2.45) is 0 Å². The molecule has 0 fully saturated rings. The maximum atomic E-state index is 11.6. The van der Waals surface area contributed by atoms with Crippen molar-refractivity contribution in [3.05, 3.63) is 40.6 Å². The van der Waals surface area contributed by atoms with Gasteiger partial charge in [0.15, 0.2) is 0 Å². The predicted octanol–water partition coefficient (Wildman–Crippen LogP) is 0.593. The Labute approximate surface area is 125 Å². The maximum Gasteiger partial charge on any atom is 0.330 e. The molecule has 7 heteroatoms. The number of methoxy groups -OCH3 is 1. The zero-order valence-corrected chi connectivity index (χ0v) is 12.5. The lowest BCUT2D eigenvalue weighted by Gasteiger charge is -2.11. The third-order valence-corrected chi connectivity index (χ3v) is 3.14. The molecule has 108 valence electrons. The van der Waals surface area contributed by atoms with E-state index in [-0.39, 0.29) is 13.0 Å². The number of aliphatic hydroxyl groups excluding tert-OH is 1. The minimum atomic E-state index is -1.17. The smallest absolute Gasteiger partial charge is 0.330 e. The second-order valence-corrected chi connectivity index (χ2v) is 4.71. The van der Waals surface area contributed by atoms with Crippen molar-refractivity contribution >= 4 is 27.8 Å². The average Bonchev–Trinajstić information content (AvgIpc) is 2.45. The highest BCUT2D eigenvalue weighted by Crippen LogP contribution is 2.16. The topological polar surface area (TPSA) is 88.5 Å². The number of amides is 1. The first-order chi connectivity index (χ1) is 9.54. The Hall–Kier alpha value is -1.73. The van der Waals surface area contributed by atoms with Crippen molar-refractivity contribution < 1.29 is 19.4 Å². The molecule has 0 radical (unpaired) electrons. The fourth-order valence-corrected chi connectivity index (χ4v) is 1.78. The van der Waals surface area contributed by atoms with Crippen molar-refractivity contribution in [1.29, 1.82) is 0 Å². The summed E-state index contributed by atoms with van der Waals surface area (Å²) >= 11 is 3.29. The summed E-state index contributed by atoms with van der Waals surface area (Å²) < 4.78 is 5.13. The number of nitrogens with zero attached hydrogens (tertiary/aromatic N) is 1. The van der Waals surface area contributed by atoms with E-state index in [2.05, 4.69) is 31.0 Å². The average molecular weight is 343 g/mol. The van der Waals surface area contributed by atoms with E-state index in [1.54, 1.807) is 18.5 Å². The Balaban J connectivity index is 2.42. The van der Waals surface area contributed by atoms with Crippen molar-refractivity contribution in [1.82, 2.24) is 10.3 Å². The molecule has 1 atom stereocenters. The standard InChI is InChI=1S/C13H15BrN2O4/c1-20-12(18)3-2-5-16-13(19)11(17)7-9-4-6-15-8-10(9)14/h2-4,6,8,11,17H,5,7H2,1H3,(H,16,19)/b3-2+. The molecule has 1 aromatic heterocycles. The second-order valence-electron chi connectivity index (χ2n) is 3.86. The van der Waals surface area contributed by atoms with E-state index < -0.39 is 18.0 Å². The van der Waals surface area contributed by atoms with Gasteiger partial charge in [0.05, 0.1) is 7.11 Å². The number of aliphatic hydroxyl groups is 1. The fourth-order valence-electron chi connectivity index (χ4n) is 1.37. The molecule has 20 heavy (non-hydrogen) atoms. The number of halogens is 1. The Bertz CT molecular complexity index is 505. The first kappa shape index (κ1) is 16.3. The van der Waals surface area contributed by atoms with Gasteiger partial charge in [-0.1, -0.05) is 6.08 Å². The van der Waals surface area contributed by atoms with Gasteiger partial charge in [-0.3, -0.25) is 9.78 Å². The van der Waals surface area contributed by atoms with Crippen LogP contribution in [0.3, 0.4) is 0 Å². The molecule has 0 aromatic carbocycles. The van der Waals surface area contributed by atoms with Gasteiger partial charge in [0.2, 0.25) is 5.91 Å². The van der Waals surface area contributed by atoms with Crippen molar-refractivity contribution in [2.45, 2.75) is 12.5 Å².